The fourth-order valence-corrected chi connectivity index (χ4v) is 3.88. The van der Waals surface area contributed by atoms with E-state index in [9.17, 15) is 4.79 Å². The van der Waals surface area contributed by atoms with Gasteiger partial charge < -0.3 is 5.11 Å². The minimum atomic E-state index is -0.718. The van der Waals surface area contributed by atoms with Crippen molar-refractivity contribution in [1.82, 2.24) is 4.90 Å². The molecule has 0 spiro atoms. The van der Waals surface area contributed by atoms with Gasteiger partial charge in [0.05, 0.1) is 6.54 Å². The van der Waals surface area contributed by atoms with Gasteiger partial charge in [0.25, 0.3) is 0 Å². The minimum Gasteiger partial charge on any atom is -0.480 e. The summed E-state index contributed by atoms with van der Waals surface area (Å²) in [6.45, 7) is 5.89. The van der Waals surface area contributed by atoms with Gasteiger partial charge in [-0.15, -0.1) is 0 Å². The summed E-state index contributed by atoms with van der Waals surface area (Å²) in [5, 5.41) is 8.75. The Kier molecular flexibility index (Phi) is 2.99. The zero-order valence-electron chi connectivity index (χ0n) is 10.6. The highest BCUT2D eigenvalue weighted by atomic mass is 16.4. The Balaban J connectivity index is 1.88. The van der Waals surface area contributed by atoms with Crippen molar-refractivity contribution in [3.8, 4) is 0 Å². The van der Waals surface area contributed by atoms with Crippen molar-refractivity contribution >= 4 is 5.97 Å². The lowest BCUT2D eigenvalue weighted by Gasteiger charge is -2.60. The van der Waals surface area contributed by atoms with Gasteiger partial charge in [-0.25, -0.2) is 0 Å². The van der Waals surface area contributed by atoms with E-state index in [1.807, 2.05) is 11.9 Å². The molecule has 0 amide bonds. The van der Waals surface area contributed by atoms with Crippen LogP contribution in [0.15, 0.2) is 0 Å². The molecule has 92 valence electrons. The van der Waals surface area contributed by atoms with E-state index in [-0.39, 0.29) is 6.54 Å². The SMILES string of the molecule is CN(CC(=O)O)CC1CC[C@@H]2CC1C2(C)C. The van der Waals surface area contributed by atoms with E-state index >= 15 is 0 Å². The van der Waals surface area contributed by atoms with E-state index in [1.54, 1.807) is 0 Å². The molecule has 0 saturated heterocycles. The third-order valence-corrected chi connectivity index (χ3v) is 4.95. The maximum atomic E-state index is 10.6. The lowest BCUT2D eigenvalue weighted by atomic mass is 9.45. The molecule has 2 unspecified atom stereocenters. The Labute approximate surface area is 97.8 Å². The number of hydrogen-bond donors (Lipinski definition) is 1. The van der Waals surface area contributed by atoms with Crippen molar-refractivity contribution in [2.75, 3.05) is 20.1 Å². The first-order chi connectivity index (χ1) is 7.41. The van der Waals surface area contributed by atoms with Gasteiger partial charge in [-0.1, -0.05) is 13.8 Å². The molecule has 0 aromatic rings. The lowest BCUT2D eigenvalue weighted by molar-refractivity contribution is -0.139. The third kappa shape index (κ3) is 1.97. The molecular weight excluding hydrogens is 202 g/mol. The molecular formula is C13H23NO2. The zero-order valence-corrected chi connectivity index (χ0v) is 10.6. The van der Waals surface area contributed by atoms with Crippen LogP contribution in [0.2, 0.25) is 0 Å². The van der Waals surface area contributed by atoms with Gasteiger partial charge in [-0.3, -0.25) is 9.69 Å². The number of nitrogens with zero attached hydrogens (tertiary/aromatic N) is 1. The number of likely N-dealkylation sites (N-methyl/N-ethyl adjacent to an activating group) is 1. The predicted octanol–water partition coefficient (Wildman–Crippen LogP) is 2.08. The smallest absolute Gasteiger partial charge is 0.317 e. The van der Waals surface area contributed by atoms with Gasteiger partial charge in [0.2, 0.25) is 0 Å². The van der Waals surface area contributed by atoms with Crippen molar-refractivity contribution < 1.29 is 9.90 Å². The Bertz CT molecular complexity index is 286. The Morgan fingerprint density at radius 2 is 2.12 bits per heavy atom. The van der Waals surface area contributed by atoms with Crippen LogP contribution in [0.3, 0.4) is 0 Å². The molecule has 2 bridgehead atoms. The topological polar surface area (TPSA) is 40.5 Å². The molecule has 3 fully saturated rings. The molecule has 3 rings (SSSR count). The standard InChI is InChI=1S/C13H23NO2/c1-13(2)10-5-4-9(11(13)6-10)7-14(3)8-12(15)16/h9-11H,4-8H2,1-3H3,(H,15,16)/t9?,10-,11?/m1/s1. The average molecular weight is 225 g/mol. The second-order valence-corrected chi connectivity index (χ2v) is 6.29. The predicted molar refractivity (Wildman–Crippen MR) is 63.2 cm³/mol. The molecule has 0 heterocycles. The van der Waals surface area contributed by atoms with Crippen LogP contribution >= 0.6 is 0 Å². The van der Waals surface area contributed by atoms with Crippen LogP contribution in [0.5, 0.6) is 0 Å². The molecule has 1 N–H and O–H groups in total. The number of carbonyl (C=O) groups is 1. The number of carboxylic acid groups (broad SMARTS) is 1. The first-order valence-electron chi connectivity index (χ1n) is 6.31. The fourth-order valence-electron chi connectivity index (χ4n) is 3.88. The van der Waals surface area contributed by atoms with Crippen LogP contribution in [-0.4, -0.2) is 36.1 Å². The quantitative estimate of drug-likeness (QED) is 0.796. The number of fused-ring (bicyclic) bond motifs is 2. The summed E-state index contributed by atoms with van der Waals surface area (Å²) in [7, 11) is 1.92. The van der Waals surface area contributed by atoms with E-state index in [0.29, 0.717) is 11.3 Å². The minimum absolute atomic E-state index is 0.174. The van der Waals surface area contributed by atoms with Crippen molar-refractivity contribution in [2.24, 2.45) is 23.2 Å². The maximum absolute atomic E-state index is 10.6. The largest absolute Gasteiger partial charge is 0.480 e. The van der Waals surface area contributed by atoms with Gasteiger partial charge in [0.1, 0.15) is 0 Å². The zero-order chi connectivity index (χ0) is 11.9. The molecule has 16 heavy (non-hydrogen) atoms. The number of carboxylic acids is 1. The summed E-state index contributed by atoms with van der Waals surface area (Å²) < 4.78 is 0. The third-order valence-electron chi connectivity index (χ3n) is 4.95. The van der Waals surface area contributed by atoms with Gasteiger partial charge in [-0.2, -0.15) is 0 Å². The highest BCUT2D eigenvalue weighted by Crippen LogP contribution is 2.61. The molecule has 3 atom stereocenters. The number of aliphatic carboxylic acids is 1. The Morgan fingerprint density at radius 3 is 2.62 bits per heavy atom. The van der Waals surface area contributed by atoms with Gasteiger partial charge in [0.15, 0.2) is 0 Å². The average Bonchev–Trinajstić information content (AvgIpc) is 2.15. The normalized spacial score (nSPS) is 35.9. The molecule has 3 aliphatic rings. The molecule has 0 aliphatic heterocycles. The van der Waals surface area contributed by atoms with E-state index in [1.165, 1.54) is 19.3 Å². The second-order valence-electron chi connectivity index (χ2n) is 6.29. The summed E-state index contributed by atoms with van der Waals surface area (Å²) in [5.74, 6) is 1.74. The van der Waals surface area contributed by atoms with E-state index < -0.39 is 5.97 Å². The van der Waals surface area contributed by atoms with E-state index in [0.717, 1.165) is 18.4 Å². The van der Waals surface area contributed by atoms with Crippen LogP contribution < -0.4 is 0 Å². The van der Waals surface area contributed by atoms with Gasteiger partial charge >= 0.3 is 5.97 Å². The highest BCUT2D eigenvalue weighted by molar-refractivity contribution is 5.68. The summed E-state index contributed by atoms with van der Waals surface area (Å²) in [6.07, 6.45) is 4.01. The summed E-state index contributed by atoms with van der Waals surface area (Å²) in [5.41, 5.74) is 0.507. The molecule has 3 aliphatic carbocycles. The van der Waals surface area contributed by atoms with Crippen molar-refractivity contribution in [3.63, 3.8) is 0 Å². The Morgan fingerprint density at radius 1 is 1.44 bits per heavy atom. The van der Waals surface area contributed by atoms with E-state index in [4.69, 9.17) is 5.11 Å². The summed E-state index contributed by atoms with van der Waals surface area (Å²) >= 11 is 0. The van der Waals surface area contributed by atoms with Crippen LogP contribution in [-0.2, 0) is 4.79 Å². The van der Waals surface area contributed by atoms with Gasteiger partial charge in [-0.05, 0) is 49.5 Å². The first-order valence-corrected chi connectivity index (χ1v) is 6.31. The summed E-state index contributed by atoms with van der Waals surface area (Å²) in [4.78, 5) is 12.6. The first kappa shape index (κ1) is 11.9. The van der Waals surface area contributed by atoms with Gasteiger partial charge in [0, 0.05) is 6.54 Å². The number of rotatable bonds is 4. The van der Waals surface area contributed by atoms with Crippen LogP contribution in [0.1, 0.15) is 33.1 Å². The van der Waals surface area contributed by atoms with Crippen LogP contribution in [0, 0.1) is 23.2 Å². The molecule has 3 heteroatoms. The molecule has 0 radical (unpaired) electrons. The Hall–Kier alpha value is -0.570. The highest BCUT2D eigenvalue weighted by Gasteiger charge is 2.54. The lowest BCUT2D eigenvalue weighted by Crippen LogP contribution is -2.54. The van der Waals surface area contributed by atoms with Crippen LogP contribution in [0.25, 0.3) is 0 Å². The van der Waals surface area contributed by atoms with Crippen molar-refractivity contribution in [1.29, 1.82) is 0 Å². The maximum Gasteiger partial charge on any atom is 0.317 e. The summed E-state index contributed by atoms with van der Waals surface area (Å²) in [6, 6.07) is 0. The second kappa shape index (κ2) is 4.02. The van der Waals surface area contributed by atoms with E-state index in [2.05, 4.69) is 13.8 Å². The van der Waals surface area contributed by atoms with Crippen molar-refractivity contribution in [2.45, 2.75) is 33.1 Å². The molecule has 0 aromatic heterocycles. The van der Waals surface area contributed by atoms with Crippen LogP contribution in [0.4, 0.5) is 0 Å². The molecule has 0 aromatic carbocycles. The fraction of sp³-hybridized carbons (Fsp3) is 0.923. The molecule has 3 nitrogen and oxygen atoms in total. The number of hydrogen-bond acceptors (Lipinski definition) is 2. The monoisotopic (exact) mass is 225 g/mol. The van der Waals surface area contributed by atoms with Crippen molar-refractivity contribution in [3.05, 3.63) is 0 Å². The molecule has 3 saturated carbocycles.